The van der Waals surface area contributed by atoms with Crippen LogP contribution in [0.2, 0.25) is 0 Å². The molecule has 0 saturated heterocycles. The van der Waals surface area contributed by atoms with Gasteiger partial charge in [0, 0.05) is 11.9 Å². The number of para-hydroxylation sites is 1. The van der Waals surface area contributed by atoms with Gasteiger partial charge in [-0.25, -0.2) is 0 Å². The van der Waals surface area contributed by atoms with Gasteiger partial charge in [0.25, 0.3) is 0 Å². The smallest absolute Gasteiger partial charge is 0.176 e. The molecule has 0 aliphatic heterocycles. The Morgan fingerprint density at radius 3 is 2.85 bits per heavy atom. The average molecular weight is 279 g/mol. The average Bonchev–Trinajstić information content (AvgIpc) is 2.88. The van der Waals surface area contributed by atoms with Crippen LogP contribution in [-0.2, 0) is 0 Å². The summed E-state index contributed by atoms with van der Waals surface area (Å²) in [6.07, 6.45) is 0. The predicted octanol–water partition coefficient (Wildman–Crippen LogP) is 1.84. The number of fused-ring (bicyclic) bond motifs is 1. The van der Waals surface area contributed by atoms with Crippen molar-refractivity contribution in [2.45, 2.75) is 25.5 Å². The van der Waals surface area contributed by atoms with E-state index in [1.54, 1.807) is 14.0 Å². The fraction of sp³-hybridized carbons (Fsp3) is 0.467. The number of ether oxygens (including phenoxy) is 1. The molecule has 1 aromatic carbocycles. The highest BCUT2D eigenvalue weighted by molar-refractivity contribution is 5.83. The summed E-state index contributed by atoms with van der Waals surface area (Å²) in [6, 6.07) is 7.59. The topological polar surface area (TPSA) is 74.9 Å². The fourth-order valence-electron chi connectivity index (χ4n) is 1.96. The molecule has 0 amide bonds. The zero-order chi connectivity index (χ0) is 14.8. The first-order chi connectivity index (χ1) is 9.46. The Balaban J connectivity index is 2.16. The molecular formula is C15H21NO4. The number of nitrogens with one attached hydrogen (secondary N) is 1. The first-order valence-electron chi connectivity index (χ1n) is 6.60. The van der Waals surface area contributed by atoms with Crippen LogP contribution in [0.25, 0.3) is 11.0 Å². The van der Waals surface area contributed by atoms with Gasteiger partial charge >= 0.3 is 0 Å². The summed E-state index contributed by atoms with van der Waals surface area (Å²) < 4.78 is 11.1. The molecule has 3 N–H and O–H groups in total. The molecule has 5 nitrogen and oxygen atoms in total. The Morgan fingerprint density at radius 1 is 1.45 bits per heavy atom. The third-order valence-electron chi connectivity index (χ3n) is 3.30. The minimum absolute atomic E-state index is 0.0786. The Morgan fingerprint density at radius 2 is 2.20 bits per heavy atom. The van der Waals surface area contributed by atoms with Crippen molar-refractivity contribution < 1.29 is 19.4 Å². The highest BCUT2D eigenvalue weighted by Crippen LogP contribution is 2.30. The SMILES string of the molecule is COc1cccc2cc(C(C)NCC(C)(O)CO)oc12. The molecule has 110 valence electrons. The second-order valence-electron chi connectivity index (χ2n) is 5.29. The van der Waals surface area contributed by atoms with Crippen LogP contribution in [0.3, 0.4) is 0 Å². The molecule has 2 unspecified atom stereocenters. The molecule has 2 rings (SSSR count). The largest absolute Gasteiger partial charge is 0.493 e. The number of methoxy groups -OCH3 is 1. The summed E-state index contributed by atoms with van der Waals surface area (Å²) in [5.74, 6) is 1.46. The highest BCUT2D eigenvalue weighted by atomic mass is 16.5. The maximum Gasteiger partial charge on any atom is 0.176 e. The van der Waals surface area contributed by atoms with Crippen LogP contribution in [0.5, 0.6) is 5.75 Å². The van der Waals surface area contributed by atoms with Crippen LogP contribution >= 0.6 is 0 Å². The lowest BCUT2D eigenvalue weighted by Gasteiger charge is -2.22. The van der Waals surface area contributed by atoms with Gasteiger partial charge in [0.05, 0.1) is 25.4 Å². The summed E-state index contributed by atoms with van der Waals surface area (Å²) in [4.78, 5) is 0. The quantitative estimate of drug-likeness (QED) is 0.752. The van der Waals surface area contributed by atoms with E-state index >= 15 is 0 Å². The number of hydrogen-bond acceptors (Lipinski definition) is 5. The molecule has 0 aliphatic carbocycles. The molecule has 2 atom stereocenters. The summed E-state index contributed by atoms with van der Waals surface area (Å²) in [6.45, 7) is 3.51. The van der Waals surface area contributed by atoms with E-state index in [1.807, 2.05) is 31.2 Å². The van der Waals surface area contributed by atoms with Crippen molar-refractivity contribution in [2.75, 3.05) is 20.3 Å². The normalized spacial score (nSPS) is 16.1. The molecule has 0 saturated carbocycles. The fourth-order valence-corrected chi connectivity index (χ4v) is 1.96. The third kappa shape index (κ3) is 3.12. The molecule has 1 heterocycles. The molecule has 0 bridgehead atoms. The first kappa shape index (κ1) is 14.8. The number of rotatable bonds is 6. The van der Waals surface area contributed by atoms with Gasteiger partial charge in [0.2, 0.25) is 0 Å². The molecule has 20 heavy (non-hydrogen) atoms. The standard InChI is InChI=1S/C15H21NO4/c1-10(16-8-15(2,18)9-17)13-7-11-5-4-6-12(19-3)14(11)20-13/h4-7,10,16-18H,8-9H2,1-3H3. The van der Waals surface area contributed by atoms with Gasteiger partial charge in [-0.3, -0.25) is 0 Å². The Bertz CT molecular complexity index is 576. The van der Waals surface area contributed by atoms with Crippen molar-refractivity contribution in [1.29, 1.82) is 0 Å². The van der Waals surface area contributed by atoms with Crippen molar-refractivity contribution >= 4 is 11.0 Å². The van der Waals surface area contributed by atoms with Crippen molar-refractivity contribution in [3.8, 4) is 5.75 Å². The monoisotopic (exact) mass is 279 g/mol. The van der Waals surface area contributed by atoms with E-state index in [0.717, 1.165) is 11.1 Å². The van der Waals surface area contributed by atoms with Crippen LogP contribution in [0.15, 0.2) is 28.7 Å². The maximum atomic E-state index is 9.78. The van der Waals surface area contributed by atoms with Crippen LogP contribution in [0, 0.1) is 0 Å². The van der Waals surface area contributed by atoms with Crippen LogP contribution in [-0.4, -0.2) is 36.1 Å². The van der Waals surface area contributed by atoms with Gasteiger partial charge in [-0.15, -0.1) is 0 Å². The van der Waals surface area contributed by atoms with Gasteiger partial charge in [0.1, 0.15) is 5.76 Å². The van der Waals surface area contributed by atoms with Crippen molar-refractivity contribution in [1.82, 2.24) is 5.32 Å². The van der Waals surface area contributed by atoms with Gasteiger partial charge < -0.3 is 24.7 Å². The Hall–Kier alpha value is -1.56. The lowest BCUT2D eigenvalue weighted by atomic mass is 10.1. The number of furan rings is 1. The van der Waals surface area contributed by atoms with Crippen molar-refractivity contribution in [3.63, 3.8) is 0 Å². The molecule has 1 aromatic heterocycles. The van der Waals surface area contributed by atoms with E-state index < -0.39 is 5.60 Å². The van der Waals surface area contributed by atoms with E-state index in [2.05, 4.69) is 5.32 Å². The van der Waals surface area contributed by atoms with E-state index in [1.165, 1.54) is 0 Å². The molecule has 0 radical (unpaired) electrons. The Labute approximate surface area is 118 Å². The summed E-state index contributed by atoms with van der Waals surface area (Å²) in [7, 11) is 1.61. The van der Waals surface area contributed by atoms with Gasteiger partial charge in [0.15, 0.2) is 11.3 Å². The zero-order valence-electron chi connectivity index (χ0n) is 12.0. The summed E-state index contributed by atoms with van der Waals surface area (Å²) >= 11 is 0. The van der Waals surface area contributed by atoms with E-state index in [-0.39, 0.29) is 19.2 Å². The maximum absolute atomic E-state index is 9.78. The molecule has 5 heteroatoms. The van der Waals surface area contributed by atoms with Crippen LogP contribution in [0.1, 0.15) is 25.6 Å². The molecule has 0 aliphatic rings. The molecule has 0 fully saturated rings. The number of aliphatic hydroxyl groups is 2. The predicted molar refractivity (Wildman–Crippen MR) is 76.9 cm³/mol. The number of hydrogen-bond donors (Lipinski definition) is 3. The lowest BCUT2D eigenvalue weighted by Crippen LogP contribution is -2.41. The highest BCUT2D eigenvalue weighted by Gasteiger charge is 2.21. The lowest BCUT2D eigenvalue weighted by molar-refractivity contribution is 0.000682. The number of aliphatic hydroxyl groups excluding tert-OH is 1. The van der Waals surface area contributed by atoms with Gasteiger partial charge in [-0.2, -0.15) is 0 Å². The van der Waals surface area contributed by atoms with Crippen molar-refractivity contribution in [2.24, 2.45) is 0 Å². The second-order valence-corrected chi connectivity index (χ2v) is 5.29. The van der Waals surface area contributed by atoms with E-state index in [4.69, 9.17) is 14.3 Å². The molecule has 2 aromatic rings. The Kier molecular flexibility index (Phi) is 4.32. The van der Waals surface area contributed by atoms with Crippen LogP contribution in [0.4, 0.5) is 0 Å². The zero-order valence-corrected chi connectivity index (χ0v) is 12.0. The minimum Gasteiger partial charge on any atom is -0.493 e. The summed E-state index contributed by atoms with van der Waals surface area (Å²) in [5, 5.41) is 22.9. The van der Waals surface area contributed by atoms with Gasteiger partial charge in [-0.05, 0) is 26.0 Å². The molecule has 0 spiro atoms. The molecular weight excluding hydrogens is 258 g/mol. The summed E-state index contributed by atoms with van der Waals surface area (Å²) in [5.41, 5.74) is -0.426. The van der Waals surface area contributed by atoms with E-state index in [9.17, 15) is 5.11 Å². The second kappa shape index (κ2) is 5.83. The minimum atomic E-state index is -1.14. The van der Waals surface area contributed by atoms with Gasteiger partial charge in [-0.1, -0.05) is 12.1 Å². The number of benzene rings is 1. The third-order valence-corrected chi connectivity index (χ3v) is 3.30. The van der Waals surface area contributed by atoms with Crippen molar-refractivity contribution in [3.05, 3.63) is 30.0 Å². The first-order valence-corrected chi connectivity index (χ1v) is 6.60. The van der Waals surface area contributed by atoms with E-state index in [0.29, 0.717) is 11.3 Å². The van der Waals surface area contributed by atoms with Crippen LogP contribution < -0.4 is 10.1 Å².